The first-order chi connectivity index (χ1) is 24.9. The zero-order chi connectivity index (χ0) is 38.1. The number of likely N-dealkylation sites (tertiary alicyclic amines) is 1. The van der Waals surface area contributed by atoms with E-state index < -0.39 is 44.9 Å². The molecule has 4 aromatic heterocycles. The van der Waals surface area contributed by atoms with Crippen molar-refractivity contribution in [1.29, 1.82) is 0 Å². The summed E-state index contributed by atoms with van der Waals surface area (Å²) in [6, 6.07) is 6.38. The van der Waals surface area contributed by atoms with Crippen LogP contribution in [0.25, 0.3) is 5.65 Å². The van der Waals surface area contributed by atoms with Gasteiger partial charge in [-0.05, 0) is 108 Å². The average molecular weight is 758 g/mol. The van der Waals surface area contributed by atoms with Gasteiger partial charge in [-0.1, -0.05) is 6.07 Å². The lowest BCUT2D eigenvalue weighted by Crippen LogP contribution is -2.38. The molecule has 2 aliphatic heterocycles. The third kappa shape index (κ3) is 6.82. The molecule has 4 aromatic rings. The van der Waals surface area contributed by atoms with Gasteiger partial charge in [0.2, 0.25) is 27.6 Å². The van der Waals surface area contributed by atoms with Crippen LogP contribution in [0.4, 0.5) is 13.2 Å². The van der Waals surface area contributed by atoms with E-state index in [2.05, 4.69) is 20.1 Å². The van der Waals surface area contributed by atoms with Gasteiger partial charge in [-0.3, -0.25) is 19.1 Å². The molecule has 7 rings (SSSR count). The summed E-state index contributed by atoms with van der Waals surface area (Å²) in [4.78, 5) is 24.5. The van der Waals surface area contributed by atoms with Gasteiger partial charge in [0.15, 0.2) is 5.65 Å². The number of fused-ring (bicyclic) bond motifs is 2. The van der Waals surface area contributed by atoms with Crippen LogP contribution in [0.2, 0.25) is 0 Å². The predicted octanol–water partition coefficient (Wildman–Crippen LogP) is 5.30. The van der Waals surface area contributed by atoms with Crippen LogP contribution in [0.5, 0.6) is 11.8 Å². The van der Waals surface area contributed by atoms with Crippen molar-refractivity contribution >= 4 is 21.6 Å². The molecule has 0 radical (unpaired) electrons. The summed E-state index contributed by atoms with van der Waals surface area (Å²) in [7, 11) is -4.17. The largest absolute Gasteiger partial charge is 0.481 e. The average Bonchev–Trinajstić information content (AvgIpc) is 3.43. The molecule has 1 saturated heterocycles. The molecular weight excluding hydrogens is 716 g/mol. The molecule has 3 aliphatic rings. The van der Waals surface area contributed by atoms with Crippen LogP contribution in [0.1, 0.15) is 84.9 Å². The Balaban J connectivity index is 1.24. The minimum Gasteiger partial charge on any atom is -0.481 e. The fourth-order valence-corrected chi connectivity index (χ4v) is 8.89. The van der Waals surface area contributed by atoms with Gasteiger partial charge in [-0.25, -0.2) is 8.42 Å². The number of alkyl halides is 3. The number of carbonyl (C=O) groups is 1. The summed E-state index contributed by atoms with van der Waals surface area (Å²) in [5, 5.41) is 17.5. The number of nitrogens with zero attached hydrogens (tertiary/aromatic N) is 7. The Morgan fingerprint density at radius 1 is 1.06 bits per heavy atom. The molecule has 17 heteroatoms. The topological polar surface area (TPSA) is 152 Å². The van der Waals surface area contributed by atoms with Crippen LogP contribution in [0.15, 0.2) is 35.4 Å². The minimum atomic E-state index is -4.75. The van der Waals surface area contributed by atoms with Gasteiger partial charge in [-0.15, -0.1) is 10.2 Å². The van der Waals surface area contributed by atoms with Crippen LogP contribution in [-0.2, 0) is 27.5 Å². The Morgan fingerprint density at radius 2 is 1.77 bits per heavy atom. The fourth-order valence-electron chi connectivity index (χ4n) is 7.28. The maximum atomic E-state index is 14.4. The van der Waals surface area contributed by atoms with Gasteiger partial charge >= 0.3 is 12.1 Å². The monoisotopic (exact) mass is 757 g/mol. The summed E-state index contributed by atoms with van der Waals surface area (Å²) in [5.41, 5.74) is 0.280. The van der Waals surface area contributed by atoms with E-state index in [1.54, 1.807) is 32.9 Å². The van der Waals surface area contributed by atoms with E-state index in [1.165, 1.54) is 36.5 Å². The number of aromatic nitrogens is 5. The van der Waals surface area contributed by atoms with Gasteiger partial charge in [0.1, 0.15) is 17.1 Å². The fraction of sp³-hybridized carbons (Fsp3) is 0.528. The van der Waals surface area contributed by atoms with Crippen LogP contribution < -0.4 is 9.47 Å². The van der Waals surface area contributed by atoms with Crippen molar-refractivity contribution < 1.29 is 41.0 Å². The molecule has 6 heterocycles. The number of rotatable bonds is 10. The molecule has 1 atom stereocenters. The Bertz CT molecular complexity index is 2200. The molecule has 0 bridgehead atoms. The van der Waals surface area contributed by atoms with Crippen molar-refractivity contribution in [1.82, 2.24) is 33.8 Å². The first-order valence-electron chi connectivity index (χ1n) is 17.6. The van der Waals surface area contributed by atoms with Crippen LogP contribution >= 0.6 is 0 Å². The molecule has 1 spiro atoms. The number of halogens is 3. The van der Waals surface area contributed by atoms with Crippen LogP contribution in [0, 0.1) is 26.2 Å². The first kappa shape index (κ1) is 37.0. The van der Waals surface area contributed by atoms with E-state index in [0.29, 0.717) is 59.0 Å². The normalized spacial score (nSPS) is 19.2. The number of aryl methyl sites for hydroxylation is 3. The Kier molecular flexibility index (Phi) is 9.21. The van der Waals surface area contributed by atoms with E-state index in [1.807, 2.05) is 0 Å². The lowest BCUT2D eigenvalue weighted by Gasteiger charge is -2.32. The van der Waals surface area contributed by atoms with Crippen molar-refractivity contribution in [3.8, 4) is 11.8 Å². The number of carboxylic acids is 1. The van der Waals surface area contributed by atoms with E-state index in [0.717, 1.165) is 36.9 Å². The maximum Gasteiger partial charge on any atom is 0.452 e. The predicted molar refractivity (Wildman–Crippen MR) is 185 cm³/mol. The highest BCUT2D eigenvalue weighted by Gasteiger charge is 2.53. The number of aliphatic carboxylic acids is 1. The summed E-state index contributed by atoms with van der Waals surface area (Å²) in [6.45, 7) is 11.3. The molecule has 0 amide bonds. The number of ether oxygens (including phenoxy) is 2. The highest BCUT2D eigenvalue weighted by atomic mass is 32.2. The second kappa shape index (κ2) is 13.2. The highest BCUT2D eigenvalue weighted by molar-refractivity contribution is 7.89. The van der Waals surface area contributed by atoms with E-state index in [-0.39, 0.29) is 29.5 Å². The Labute approximate surface area is 305 Å². The number of hydrogen-bond donors (Lipinski definition) is 1. The summed E-state index contributed by atoms with van der Waals surface area (Å²) >= 11 is 0. The summed E-state index contributed by atoms with van der Waals surface area (Å²) in [5.74, 6) is -3.00. The van der Waals surface area contributed by atoms with E-state index in [9.17, 15) is 31.5 Å². The number of carboxylic acid groups (broad SMARTS) is 1. The molecule has 2 fully saturated rings. The zero-order valence-corrected chi connectivity index (χ0v) is 31.0. The van der Waals surface area contributed by atoms with Gasteiger partial charge in [0.25, 0.3) is 0 Å². The van der Waals surface area contributed by atoms with Gasteiger partial charge < -0.3 is 14.6 Å². The molecular formula is C36H42F3N7O6S. The Hall–Kier alpha value is -4.35. The lowest BCUT2D eigenvalue weighted by atomic mass is 9.72. The van der Waals surface area contributed by atoms with Gasteiger partial charge in [0, 0.05) is 29.9 Å². The van der Waals surface area contributed by atoms with E-state index in [4.69, 9.17) is 14.5 Å². The van der Waals surface area contributed by atoms with Crippen LogP contribution in [0.3, 0.4) is 0 Å². The summed E-state index contributed by atoms with van der Waals surface area (Å²) in [6.07, 6.45) is 0.000698. The quantitative estimate of drug-likeness (QED) is 0.225. The minimum absolute atomic E-state index is 0.00139. The van der Waals surface area contributed by atoms with Crippen molar-refractivity contribution in [3.63, 3.8) is 0 Å². The first-order valence-corrected chi connectivity index (χ1v) is 19.0. The number of sulfonamides is 1. The van der Waals surface area contributed by atoms with Gasteiger partial charge in [-0.2, -0.15) is 22.5 Å². The molecule has 1 unspecified atom stereocenters. The van der Waals surface area contributed by atoms with E-state index >= 15 is 0 Å². The molecule has 0 aromatic carbocycles. The standard InChI is InChI=1S/C36H42F3N7O6S/c1-21-8-9-25(28(34(4,5)33(47)48)24-10-15-46-29(23(24)3)42-43-32(46)36(37,38)39)40-26(21)19-45-20-35(11-12-35)52-31-27(53(45,49)50)18-22(2)30(41-31)51-17-16-44-13-6-7-14-44/h8-10,15,18,28H,6-7,11-14,16-17,19-20H2,1-5H3,(H,47,48). The highest BCUT2D eigenvalue weighted by Crippen LogP contribution is 2.47. The molecule has 1 saturated carbocycles. The molecule has 53 heavy (non-hydrogen) atoms. The molecule has 13 nitrogen and oxygen atoms in total. The number of pyridine rings is 3. The summed E-state index contributed by atoms with van der Waals surface area (Å²) < 4.78 is 84.2. The van der Waals surface area contributed by atoms with Gasteiger partial charge in [0.05, 0.1) is 24.2 Å². The number of hydrogen-bond acceptors (Lipinski definition) is 10. The third-order valence-corrected chi connectivity index (χ3v) is 12.5. The maximum absolute atomic E-state index is 14.4. The lowest BCUT2D eigenvalue weighted by molar-refractivity contribution is -0.147. The van der Waals surface area contributed by atoms with Crippen molar-refractivity contribution in [2.75, 3.05) is 32.8 Å². The molecule has 1 aliphatic carbocycles. The van der Waals surface area contributed by atoms with Crippen molar-refractivity contribution in [2.24, 2.45) is 5.41 Å². The Morgan fingerprint density at radius 3 is 2.43 bits per heavy atom. The van der Waals surface area contributed by atoms with Crippen molar-refractivity contribution in [2.45, 2.75) is 89.4 Å². The molecule has 284 valence electrons. The second-order valence-electron chi connectivity index (χ2n) is 14.9. The van der Waals surface area contributed by atoms with Crippen molar-refractivity contribution in [3.05, 3.63) is 69.9 Å². The zero-order valence-electron chi connectivity index (χ0n) is 30.2. The smallest absolute Gasteiger partial charge is 0.452 e. The third-order valence-electron chi connectivity index (χ3n) is 10.7. The van der Waals surface area contributed by atoms with Crippen LogP contribution in [-0.4, -0.2) is 91.7 Å². The second-order valence-corrected chi connectivity index (χ2v) is 16.8. The SMILES string of the molecule is Cc1ccc(C(c2ccn3c(C(F)(F)F)nnc3c2C)C(C)(C)C(=O)O)nc1CN1CC2(CC2)Oc2nc(OCCN3CCCC3)c(C)cc2S1(=O)=O. The molecule has 1 N–H and O–H groups in total.